The van der Waals surface area contributed by atoms with Crippen LogP contribution in [-0.4, -0.2) is 23.2 Å². The van der Waals surface area contributed by atoms with Crippen molar-refractivity contribution in [3.63, 3.8) is 0 Å². The van der Waals surface area contributed by atoms with Crippen molar-refractivity contribution in [1.29, 1.82) is 0 Å². The zero-order valence-electron chi connectivity index (χ0n) is 5.73. The molecule has 0 fully saturated rings. The van der Waals surface area contributed by atoms with E-state index in [1.165, 1.54) is 10.9 Å². The Labute approximate surface area is 68.4 Å². The highest BCUT2D eigenvalue weighted by atomic mass is 35.7. The molecule has 62 valence electrons. The minimum absolute atomic E-state index is 0.287. The van der Waals surface area contributed by atoms with E-state index in [1.54, 1.807) is 7.05 Å². The number of aromatic nitrogens is 3. The summed E-state index contributed by atoms with van der Waals surface area (Å²) in [5.74, 6) is 0.0467. The Balaban J connectivity index is 2.89. The van der Waals surface area contributed by atoms with Crippen LogP contribution in [0.15, 0.2) is 6.33 Å². The lowest BCUT2D eigenvalue weighted by Crippen LogP contribution is -2.02. The lowest BCUT2D eigenvalue weighted by atomic mass is 10.7. The maximum Gasteiger partial charge on any atom is 0.239 e. The Hall–Kier alpha value is -0.620. The zero-order chi connectivity index (χ0) is 8.48. The van der Waals surface area contributed by atoms with Gasteiger partial charge in [-0.1, -0.05) is 0 Å². The van der Waals surface area contributed by atoms with Crippen molar-refractivity contribution in [3.05, 3.63) is 12.2 Å². The lowest BCUT2D eigenvalue weighted by molar-refractivity contribution is 0.606. The second-order valence-corrected chi connectivity index (χ2v) is 4.82. The van der Waals surface area contributed by atoms with Crippen molar-refractivity contribution in [3.8, 4) is 0 Å². The Bertz CT molecular complexity index is 344. The summed E-state index contributed by atoms with van der Waals surface area (Å²) in [5, 5.41) is 7.05. The van der Waals surface area contributed by atoms with Gasteiger partial charge >= 0.3 is 0 Å². The fraction of sp³-hybridized carbons (Fsp3) is 0.500. The number of nitrogens with zero attached hydrogens (tertiary/aromatic N) is 3. The molecule has 1 aromatic rings. The van der Waals surface area contributed by atoms with E-state index in [1.807, 2.05) is 0 Å². The van der Waals surface area contributed by atoms with Crippen LogP contribution in [0.1, 0.15) is 5.82 Å². The molecule has 0 aliphatic carbocycles. The molecule has 0 aliphatic heterocycles. The molecule has 0 spiro atoms. The van der Waals surface area contributed by atoms with Gasteiger partial charge in [0.25, 0.3) is 0 Å². The Morgan fingerprint density at radius 3 is 2.73 bits per heavy atom. The summed E-state index contributed by atoms with van der Waals surface area (Å²) in [7, 11) is 3.12. The van der Waals surface area contributed by atoms with E-state index in [-0.39, 0.29) is 5.75 Å². The first-order chi connectivity index (χ1) is 4.99. The lowest BCUT2D eigenvalue weighted by Gasteiger charge is -1.94. The van der Waals surface area contributed by atoms with Crippen LogP contribution in [0.2, 0.25) is 0 Å². The molecule has 0 atom stereocenters. The topological polar surface area (TPSA) is 64.8 Å². The molecule has 0 saturated heterocycles. The van der Waals surface area contributed by atoms with Crippen molar-refractivity contribution in [2.45, 2.75) is 5.75 Å². The first kappa shape index (κ1) is 8.48. The third-order valence-electron chi connectivity index (χ3n) is 1.11. The molecule has 1 aromatic heterocycles. The van der Waals surface area contributed by atoms with Crippen LogP contribution in [-0.2, 0) is 21.9 Å². The van der Waals surface area contributed by atoms with Crippen LogP contribution in [0.25, 0.3) is 0 Å². The quantitative estimate of drug-likeness (QED) is 0.618. The van der Waals surface area contributed by atoms with Crippen LogP contribution in [0, 0.1) is 0 Å². The summed E-state index contributed by atoms with van der Waals surface area (Å²) in [6, 6.07) is 0. The molecular weight excluding hydrogens is 190 g/mol. The molecule has 0 bridgehead atoms. The monoisotopic (exact) mass is 195 g/mol. The van der Waals surface area contributed by atoms with Crippen LogP contribution in [0.3, 0.4) is 0 Å². The van der Waals surface area contributed by atoms with Gasteiger partial charge in [-0.25, -0.2) is 8.42 Å². The molecule has 0 aromatic carbocycles. The number of rotatable bonds is 2. The summed E-state index contributed by atoms with van der Waals surface area (Å²) in [4.78, 5) is 0. The van der Waals surface area contributed by atoms with Gasteiger partial charge in [-0.2, -0.15) is 0 Å². The number of hydrogen-bond acceptors (Lipinski definition) is 4. The van der Waals surface area contributed by atoms with Gasteiger partial charge in [0.15, 0.2) is 0 Å². The van der Waals surface area contributed by atoms with E-state index in [4.69, 9.17) is 10.7 Å². The third kappa shape index (κ3) is 2.47. The number of halogens is 1. The maximum absolute atomic E-state index is 10.5. The van der Waals surface area contributed by atoms with Crippen LogP contribution < -0.4 is 0 Å². The molecule has 1 heterocycles. The normalized spacial score (nSPS) is 11.8. The van der Waals surface area contributed by atoms with Crippen molar-refractivity contribution >= 4 is 19.7 Å². The summed E-state index contributed by atoms with van der Waals surface area (Å²) in [6.45, 7) is 0. The third-order valence-corrected chi connectivity index (χ3v) is 2.04. The van der Waals surface area contributed by atoms with E-state index in [9.17, 15) is 8.42 Å². The summed E-state index contributed by atoms with van der Waals surface area (Å²) >= 11 is 0. The molecule has 0 radical (unpaired) electrons. The van der Waals surface area contributed by atoms with E-state index < -0.39 is 9.05 Å². The van der Waals surface area contributed by atoms with Gasteiger partial charge < -0.3 is 4.57 Å². The summed E-state index contributed by atoms with van der Waals surface area (Å²) in [6.07, 6.45) is 1.41. The molecule has 0 amide bonds. The first-order valence-corrected chi connectivity index (χ1v) is 5.22. The van der Waals surface area contributed by atoms with E-state index in [0.29, 0.717) is 5.82 Å². The second kappa shape index (κ2) is 2.78. The molecule has 7 heteroatoms. The molecule has 11 heavy (non-hydrogen) atoms. The maximum atomic E-state index is 10.5. The molecule has 0 N–H and O–H groups in total. The predicted octanol–water partition coefficient (Wildman–Crippen LogP) is -0.116. The highest BCUT2D eigenvalue weighted by molar-refractivity contribution is 8.13. The van der Waals surface area contributed by atoms with Crippen LogP contribution in [0.4, 0.5) is 0 Å². The highest BCUT2D eigenvalue weighted by Crippen LogP contribution is 2.04. The largest absolute Gasteiger partial charge is 0.320 e. The van der Waals surface area contributed by atoms with E-state index >= 15 is 0 Å². The van der Waals surface area contributed by atoms with Crippen LogP contribution in [0.5, 0.6) is 0 Å². The SMILES string of the molecule is Cn1cnnc1CS(=O)(=O)Cl. The number of hydrogen-bond donors (Lipinski definition) is 0. The fourth-order valence-electron chi connectivity index (χ4n) is 0.592. The first-order valence-electron chi connectivity index (χ1n) is 2.74. The minimum Gasteiger partial charge on any atom is -0.320 e. The second-order valence-electron chi connectivity index (χ2n) is 2.04. The van der Waals surface area contributed by atoms with Gasteiger partial charge in [0.05, 0.1) is 0 Å². The van der Waals surface area contributed by atoms with Gasteiger partial charge in [-0.05, 0) is 0 Å². The van der Waals surface area contributed by atoms with Gasteiger partial charge in [0.2, 0.25) is 9.05 Å². The van der Waals surface area contributed by atoms with Crippen molar-refractivity contribution in [2.75, 3.05) is 0 Å². The standard InChI is InChI=1S/C4H6ClN3O2S/c1-8-3-6-7-4(8)2-11(5,9)10/h3H,2H2,1H3. The molecular formula is C4H6ClN3O2S. The minimum atomic E-state index is -3.52. The fourth-order valence-corrected chi connectivity index (χ4v) is 1.45. The molecule has 1 rings (SSSR count). The average molecular weight is 196 g/mol. The number of aryl methyl sites for hydroxylation is 1. The van der Waals surface area contributed by atoms with Gasteiger partial charge in [0, 0.05) is 17.7 Å². The average Bonchev–Trinajstić information content (AvgIpc) is 2.12. The molecule has 0 aliphatic rings. The van der Waals surface area contributed by atoms with Crippen molar-refractivity contribution in [2.24, 2.45) is 7.05 Å². The van der Waals surface area contributed by atoms with Gasteiger partial charge in [-0.3, -0.25) is 0 Å². The van der Waals surface area contributed by atoms with Gasteiger partial charge in [0.1, 0.15) is 17.9 Å². The molecule has 5 nitrogen and oxygen atoms in total. The molecule has 0 unspecified atom stereocenters. The predicted molar refractivity (Wildman–Crippen MR) is 39.5 cm³/mol. The van der Waals surface area contributed by atoms with Crippen molar-refractivity contribution < 1.29 is 8.42 Å². The van der Waals surface area contributed by atoms with Gasteiger partial charge in [-0.15, -0.1) is 10.2 Å². The smallest absolute Gasteiger partial charge is 0.239 e. The Morgan fingerprint density at radius 2 is 2.36 bits per heavy atom. The summed E-state index contributed by atoms with van der Waals surface area (Å²) < 4.78 is 22.6. The van der Waals surface area contributed by atoms with Crippen molar-refractivity contribution in [1.82, 2.24) is 14.8 Å². The van der Waals surface area contributed by atoms with E-state index in [0.717, 1.165) is 0 Å². The van der Waals surface area contributed by atoms with E-state index in [2.05, 4.69) is 10.2 Å². The van der Waals surface area contributed by atoms with Crippen LogP contribution >= 0.6 is 10.7 Å². The zero-order valence-corrected chi connectivity index (χ0v) is 7.30. The Kier molecular flexibility index (Phi) is 2.15. The molecule has 0 saturated carbocycles. The Morgan fingerprint density at radius 1 is 1.73 bits per heavy atom. The summed E-state index contributed by atoms with van der Waals surface area (Å²) in [5.41, 5.74) is 0. The highest BCUT2D eigenvalue weighted by Gasteiger charge is 2.10.